The smallest absolute Gasteiger partial charge is 0.247 e. The average Bonchev–Trinajstić information content (AvgIpc) is 2.43. The van der Waals surface area contributed by atoms with Crippen molar-refractivity contribution in [3.05, 3.63) is 40.4 Å². The van der Waals surface area contributed by atoms with Crippen LogP contribution in [0.15, 0.2) is 24.3 Å². The molecule has 112 valence electrons. The van der Waals surface area contributed by atoms with Crippen molar-refractivity contribution in [2.75, 3.05) is 13.1 Å². The van der Waals surface area contributed by atoms with Gasteiger partial charge < -0.3 is 10.2 Å². The molecule has 21 heavy (non-hydrogen) atoms. The Kier molecular flexibility index (Phi) is 4.37. The first kappa shape index (κ1) is 15.6. The summed E-state index contributed by atoms with van der Waals surface area (Å²) in [5.74, 6) is -0.305. The fourth-order valence-corrected chi connectivity index (χ4v) is 2.44. The Balaban J connectivity index is 2.15. The van der Waals surface area contributed by atoms with E-state index in [2.05, 4.69) is 5.32 Å². The molecule has 1 N–H and O–H groups in total. The topological polar surface area (TPSA) is 49.4 Å². The van der Waals surface area contributed by atoms with Gasteiger partial charge in [-0.3, -0.25) is 9.59 Å². The Bertz CT molecular complexity index is 608. The van der Waals surface area contributed by atoms with E-state index in [1.165, 1.54) is 6.08 Å². The first-order valence-electron chi connectivity index (χ1n) is 6.86. The van der Waals surface area contributed by atoms with Crippen LogP contribution in [-0.4, -0.2) is 35.3 Å². The molecule has 0 spiro atoms. The summed E-state index contributed by atoms with van der Waals surface area (Å²) >= 11 is 6.06. The molecule has 0 bridgehead atoms. The van der Waals surface area contributed by atoms with Gasteiger partial charge >= 0.3 is 0 Å². The van der Waals surface area contributed by atoms with Crippen molar-refractivity contribution in [2.24, 2.45) is 0 Å². The third-order valence-corrected chi connectivity index (χ3v) is 4.14. The number of aryl methyl sites for hydroxylation is 1. The van der Waals surface area contributed by atoms with E-state index < -0.39 is 5.54 Å². The molecule has 1 aliphatic rings. The highest BCUT2D eigenvalue weighted by Gasteiger charge is 2.39. The number of piperazine rings is 1. The third kappa shape index (κ3) is 3.27. The number of amides is 2. The van der Waals surface area contributed by atoms with Crippen molar-refractivity contribution in [3.8, 4) is 0 Å². The summed E-state index contributed by atoms with van der Waals surface area (Å²) in [4.78, 5) is 25.7. The van der Waals surface area contributed by atoms with Crippen molar-refractivity contribution in [2.45, 2.75) is 26.3 Å². The summed E-state index contributed by atoms with van der Waals surface area (Å²) in [5.41, 5.74) is 1.03. The van der Waals surface area contributed by atoms with Gasteiger partial charge in [0.15, 0.2) is 0 Å². The molecule has 1 aromatic carbocycles. The lowest BCUT2D eigenvalue weighted by atomic mass is 9.98. The zero-order chi connectivity index (χ0) is 15.6. The number of carbonyl (C=O) groups is 2. The molecule has 0 saturated carbocycles. The maximum Gasteiger partial charge on any atom is 0.247 e. The largest absolute Gasteiger partial charge is 0.352 e. The van der Waals surface area contributed by atoms with E-state index >= 15 is 0 Å². The highest BCUT2D eigenvalue weighted by molar-refractivity contribution is 6.31. The number of nitrogens with zero attached hydrogens (tertiary/aromatic N) is 1. The predicted molar refractivity (Wildman–Crippen MR) is 84.0 cm³/mol. The lowest BCUT2D eigenvalue weighted by molar-refractivity contribution is -0.146. The predicted octanol–water partition coefficient (Wildman–Crippen LogP) is 2.40. The van der Waals surface area contributed by atoms with Gasteiger partial charge in [0.2, 0.25) is 11.8 Å². The standard InChI is InChI=1S/C16H19ClN2O2/c1-11-4-5-12(10-13(11)17)6-7-14(20)19-9-8-18-15(21)16(19,2)3/h4-7,10H,8-9H2,1-3H3,(H,18,21). The molecule has 0 aromatic heterocycles. The van der Waals surface area contributed by atoms with Gasteiger partial charge in [0, 0.05) is 24.2 Å². The van der Waals surface area contributed by atoms with E-state index in [1.54, 1.807) is 24.8 Å². The fraction of sp³-hybridized carbons (Fsp3) is 0.375. The molecule has 1 aliphatic heterocycles. The molecule has 5 heteroatoms. The number of carbonyl (C=O) groups excluding carboxylic acids is 2. The minimum Gasteiger partial charge on any atom is -0.352 e. The summed E-state index contributed by atoms with van der Waals surface area (Å²) in [5, 5.41) is 3.44. The number of halogens is 1. The van der Waals surface area contributed by atoms with Crippen molar-refractivity contribution < 1.29 is 9.59 Å². The van der Waals surface area contributed by atoms with Crippen LogP contribution in [-0.2, 0) is 9.59 Å². The van der Waals surface area contributed by atoms with Crippen molar-refractivity contribution in [3.63, 3.8) is 0 Å². The Hall–Kier alpha value is -1.81. The van der Waals surface area contributed by atoms with Crippen LogP contribution in [0.5, 0.6) is 0 Å². The lowest BCUT2D eigenvalue weighted by Gasteiger charge is -2.40. The molecule has 0 aliphatic carbocycles. The van der Waals surface area contributed by atoms with Crippen molar-refractivity contribution in [1.82, 2.24) is 10.2 Å². The van der Waals surface area contributed by atoms with Gasteiger partial charge in [-0.1, -0.05) is 23.7 Å². The van der Waals surface area contributed by atoms with E-state index in [0.29, 0.717) is 18.1 Å². The van der Waals surface area contributed by atoms with Gasteiger partial charge in [-0.25, -0.2) is 0 Å². The molecule has 1 aromatic rings. The second-order valence-electron chi connectivity index (χ2n) is 5.65. The number of nitrogens with one attached hydrogen (secondary N) is 1. The van der Waals surface area contributed by atoms with Crippen LogP contribution in [0.25, 0.3) is 6.08 Å². The number of hydrogen-bond donors (Lipinski definition) is 1. The summed E-state index contributed by atoms with van der Waals surface area (Å²) in [6.45, 7) is 6.41. The lowest BCUT2D eigenvalue weighted by Crippen LogP contribution is -2.63. The van der Waals surface area contributed by atoms with Crippen LogP contribution in [0.4, 0.5) is 0 Å². The SMILES string of the molecule is Cc1ccc(C=CC(=O)N2CCNC(=O)C2(C)C)cc1Cl. The highest BCUT2D eigenvalue weighted by Crippen LogP contribution is 2.20. The highest BCUT2D eigenvalue weighted by atomic mass is 35.5. The second-order valence-corrected chi connectivity index (χ2v) is 6.05. The number of benzene rings is 1. The third-order valence-electron chi connectivity index (χ3n) is 3.73. The van der Waals surface area contributed by atoms with E-state index in [1.807, 2.05) is 25.1 Å². The van der Waals surface area contributed by atoms with Crippen LogP contribution in [0.2, 0.25) is 5.02 Å². The second kappa shape index (κ2) is 5.90. The van der Waals surface area contributed by atoms with Crippen LogP contribution in [0, 0.1) is 6.92 Å². The summed E-state index contributed by atoms with van der Waals surface area (Å²) in [7, 11) is 0. The number of rotatable bonds is 2. The molecule has 2 amide bonds. The van der Waals surface area contributed by atoms with Gasteiger partial charge in [0.25, 0.3) is 0 Å². The van der Waals surface area contributed by atoms with Gasteiger partial charge in [-0.05, 0) is 44.0 Å². The summed E-state index contributed by atoms with van der Waals surface area (Å²) in [6.07, 6.45) is 3.21. The van der Waals surface area contributed by atoms with E-state index in [0.717, 1.165) is 11.1 Å². The Morgan fingerprint density at radius 3 is 2.81 bits per heavy atom. The Labute approximate surface area is 129 Å². The quantitative estimate of drug-likeness (QED) is 0.853. The van der Waals surface area contributed by atoms with Crippen molar-refractivity contribution in [1.29, 1.82) is 0 Å². The van der Waals surface area contributed by atoms with Crippen LogP contribution < -0.4 is 5.32 Å². The van der Waals surface area contributed by atoms with Crippen molar-refractivity contribution >= 4 is 29.5 Å². The molecule has 1 saturated heterocycles. The van der Waals surface area contributed by atoms with Gasteiger partial charge in [-0.2, -0.15) is 0 Å². The first-order chi connectivity index (χ1) is 9.82. The Morgan fingerprint density at radius 1 is 1.43 bits per heavy atom. The molecular weight excluding hydrogens is 288 g/mol. The molecule has 0 radical (unpaired) electrons. The van der Waals surface area contributed by atoms with E-state index in [4.69, 9.17) is 11.6 Å². The summed E-state index contributed by atoms with van der Waals surface area (Å²) < 4.78 is 0. The maximum atomic E-state index is 12.3. The van der Waals surface area contributed by atoms with Crippen LogP contribution in [0.1, 0.15) is 25.0 Å². The van der Waals surface area contributed by atoms with Gasteiger partial charge in [0.1, 0.15) is 5.54 Å². The van der Waals surface area contributed by atoms with E-state index in [-0.39, 0.29) is 11.8 Å². The average molecular weight is 307 g/mol. The molecule has 4 nitrogen and oxygen atoms in total. The molecule has 1 fully saturated rings. The summed E-state index contributed by atoms with van der Waals surface area (Å²) in [6, 6.07) is 5.62. The molecule has 2 rings (SSSR count). The normalized spacial score (nSPS) is 17.9. The minimum absolute atomic E-state index is 0.131. The molecular formula is C16H19ClN2O2. The van der Waals surface area contributed by atoms with E-state index in [9.17, 15) is 9.59 Å². The van der Waals surface area contributed by atoms with Crippen LogP contribution >= 0.6 is 11.6 Å². The van der Waals surface area contributed by atoms with Crippen LogP contribution in [0.3, 0.4) is 0 Å². The maximum absolute atomic E-state index is 12.3. The molecule has 1 heterocycles. The van der Waals surface area contributed by atoms with Gasteiger partial charge in [-0.15, -0.1) is 0 Å². The van der Waals surface area contributed by atoms with Gasteiger partial charge in [0.05, 0.1) is 0 Å². The Morgan fingerprint density at radius 2 is 2.14 bits per heavy atom. The zero-order valence-electron chi connectivity index (χ0n) is 12.4. The molecule has 0 unspecified atom stereocenters. The first-order valence-corrected chi connectivity index (χ1v) is 7.24. The monoisotopic (exact) mass is 306 g/mol. The number of hydrogen-bond acceptors (Lipinski definition) is 2. The fourth-order valence-electron chi connectivity index (χ4n) is 2.26. The zero-order valence-corrected chi connectivity index (χ0v) is 13.2. The molecule has 0 atom stereocenters. The minimum atomic E-state index is -0.829.